The molecule has 5 nitrogen and oxygen atoms in total. The summed E-state index contributed by atoms with van der Waals surface area (Å²) in [6.07, 6.45) is 0. The van der Waals surface area contributed by atoms with E-state index in [1.165, 1.54) is 18.9 Å². The highest BCUT2D eigenvalue weighted by Gasteiger charge is 2.14. The van der Waals surface area contributed by atoms with Crippen molar-refractivity contribution in [3.05, 3.63) is 59.1 Å². The molecule has 126 valence electrons. The fourth-order valence-corrected chi connectivity index (χ4v) is 2.46. The van der Waals surface area contributed by atoms with Gasteiger partial charge in [0, 0.05) is 19.2 Å². The van der Waals surface area contributed by atoms with Gasteiger partial charge in [-0.05, 0) is 23.8 Å². The van der Waals surface area contributed by atoms with Gasteiger partial charge in [0.05, 0.1) is 12.1 Å². The molecule has 2 rings (SSSR count). The number of ether oxygens (including phenoxy) is 1. The van der Waals surface area contributed by atoms with E-state index in [0.29, 0.717) is 23.0 Å². The maximum atomic E-state index is 12.2. The molecule has 2 amide bonds. The second-order valence-electron chi connectivity index (χ2n) is 5.26. The highest BCUT2D eigenvalue weighted by molar-refractivity contribution is 6.32. The summed E-state index contributed by atoms with van der Waals surface area (Å²) in [6, 6.07) is 14.5. The number of anilines is 1. The summed E-state index contributed by atoms with van der Waals surface area (Å²) in [4.78, 5) is 25.5. The van der Waals surface area contributed by atoms with Crippen LogP contribution in [0.25, 0.3) is 0 Å². The molecule has 0 aliphatic rings. The Morgan fingerprint density at radius 3 is 2.46 bits per heavy atom. The van der Waals surface area contributed by atoms with Gasteiger partial charge in [0.1, 0.15) is 12.3 Å². The fraction of sp³-hybridized carbons (Fsp3) is 0.222. The van der Waals surface area contributed by atoms with Crippen LogP contribution in [0.4, 0.5) is 5.69 Å². The third-order valence-electron chi connectivity index (χ3n) is 3.43. The number of amides is 2. The first-order valence-electron chi connectivity index (χ1n) is 7.42. The molecule has 1 N–H and O–H groups in total. The molecular weight excluding hydrogens is 328 g/mol. The Morgan fingerprint density at radius 1 is 1.17 bits per heavy atom. The second kappa shape index (κ2) is 8.36. The fourth-order valence-electron chi connectivity index (χ4n) is 2.20. The van der Waals surface area contributed by atoms with E-state index in [0.717, 1.165) is 5.56 Å². The smallest absolute Gasteiger partial charge is 0.244 e. The monoisotopic (exact) mass is 346 g/mol. The van der Waals surface area contributed by atoms with Crippen LogP contribution in [-0.2, 0) is 16.1 Å². The van der Waals surface area contributed by atoms with E-state index in [4.69, 9.17) is 16.3 Å². The third-order valence-corrected chi connectivity index (χ3v) is 3.73. The van der Waals surface area contributed by atoms with Gasteiger partial charge in [0.25, 0.3) is 0 Å². The summed E-state index contributed by atoms with van der Waals surface area (Å²) in [7, 11) is 1.52. The SMILES string of the molecule is COc1ccc(NC(=O)CN(Cc2ccccc2)C(C)=O)cc1Cl. The van der Waals surface area contributed by atoms with E-state index in [2.05, 4.69) is 5.32 Å². The van der Waals surface area contributed by atoms with E-state index in [-0.39, 0.29) is 18.4 Å². The van der Waals surface area contributed by atoms with Crippen molar-refractivity contribution in [1.82, 2.24) is 4.90 Å². The number of nitrogens with zero attached hydrogens (tertiary/aromatic N) is 1. The first kappa shape index (κ1) is 17.8. The van der Waals surface area contributed by atoms with E-state index in [9.17, 15) is 9.59 Å². The summed E-state index contributed by atoms with van der Waals surface area (Å²) >= 11 is 6.04. The number of carbonyl (C=O) groups excluding carboxylic acids is 2. The predicted octanol–water partition coefficient (Wildman–Crippen LogP) is 3.34. The lowest BCUT2D eigenvalue weighted by atomic mass is 10.2. The normalized spacial score (nSPS) is 10.1. The average Bonchev–Trinajstić information content (AvgIpc) is 2.55. The predicted molar refractivity (Wildman–Crippen MR) is 94.2 cm³/mol. The number of rotatable bonds is 6. The van der Waals surface area contributed by atoms with Crippen LogP contribution in [0.5, 0.6) is 5.75 Å². The molecule has 0 fully saturated rings. The average molecular weight is 347 g/mol. The number of methoxy groups -OCH3 is 1. The number of hydrogen-bond acceptors (Lipinski definition) is 3. The molecule has 24 heavy (non-hydrogen) atoms. The number of benzene rings is 2. The van der Waals surface area contributed by atoms with Crippen molar-refractivity contribution in [2.75, 3.05) is 19.0 Å². The quantitative estimate of drug-likeness (QED) is 0.872. The van der Waals surface area contributed by atoms with Crippen LogP contribution in [0.2, 0.25) is 5.02 Å². The molecule has 0 saturated carbocycles. The molecule has 0 unspecified atom stereocenters. The molecule has 6 heteroatoms. The first-order chi connectivity index (χ1) is 11.5. The molecule has 0 aliphatic carbocycles. The van der Waals surface area contributed by atoms with Crippen LogP contribution in [0.15, 0.2) is 48.5 Å². The van der Waals surface area contributed by atoms with Gasteiger partial charge in [-0.3, -0.25) is 9.59 Å². The molecule has 0 aliphatic heterocycles. The largest absolute Gasteiger partial charge is 0.495 e. The summed E-state index contributed by atoms with van der Waals surface area (Å²) < 4.78 is 5.07. The van der Waals surface area contributed by atoms with E-state index in [1.54, 1.807) is 18.2 Å². The minimum Gasteiger partial charge on any atom is -0.495 e. The lowest BCUT2D eigenvalue weighted by Gasteiger charge is -2.20. The van der Waals surface area contributed by atoms with Gasteiger partial charge >= 0.3 is 0 Å². The van der Waals surface area contributed by atoms with Crippen molar-refractivity contribution in [3.8, 4) is 5.75 Å². The zero-order chi connectivity index (χ0) is 17.5. The Balaban J connectivity index is 2.00. The standard InChI is InChI=1S/C18H19ClN2O3/c1-13(22)21(11-14-6-4-3-5-7-14)12-18(23)20-15-8-9-17(24-2)16(19)10-15/h3-10H,11-12H2,1-2H3,(H,20,23). The Hall–Kier alpha value is -2.53. The number of halogens is 1. The Kier molecular flexibility index (Phi) is 6.21. The Bertz CT molecular complexity index is 719. The topological polar surface area (TPSA) is 58.6 Å². The summed E-state index contributed by atoms with van der Waals surface area (Å²) in [5.41, 5.74) is 1.52. The molecule has 2 aromatic rings. The minimum atomic E-state index is -0.289. The maximum absolute atomic E-state index is 12.2. The van der Waals surface area contributed by atoms with Crippen molar-refractivity contribution in [1.29, 1.82) is 0 Å². The maximum Gasteiger partial charge on any atom is 0.244 e. The van der Waals surface area contributed by atoms with Crippen LogP contribution < -0.4 is 10.1 Å². The molecule has 0 atom stereocenters. The van der Waals surface area contributed by atoms with E-state index in [1.807, 2.05) is 30.3 Å². The van der Waals surface area contributed by atoms with Crippen LogP contribution in [0.3, 0.4) is 0 Å². The van der Waals surface area contributed by atoms with Gasteiger partial charge in [0.2, 0.25) is 11.8 Å². The molecule has 0 radical (unpaired) electrons. The van der Waals surface area contributed by atoms with Gasteiger partial charge in [-0.15, -0.1) is 0 Å². The number of nitrogens with one attached hydrogen (secondary N) is 1. The van der Waals surface area contributed by atoms with Crippen LogP contribution >= 0.6 is 11.6 Å². The van der Waals surface area contributed by atoms with Crippen LogP contribution in [-0.4, -0.2) is 30.4 Å². The third kappa shape index (κ3) is 4.99. The van der Waals surface area contributed by atoms with Crippen LogP contribution in [0, 0.1) is 0 Å². The molecule has 2 aromatic carbocycles. The first-order valence-corrected chi connectivity index (χ1v) is 7.80. The lowest BCUT2D eigenvalue weighted by molar-refractivity contribution is -0.133. The van der Waals surface area contributed by atoms with E-state index < -0.39 is 0 Å². The molecule has 0 aromatic heterocycles. The van der Waals surface area contributed by atoms with Gasteiger partial charge in [-0.1, -0.05) is 41.9 Å². The summed E-state index contributed by atoms with van der Waals surface area (Å²) in [6.45, 7) is 1.79. The zero-order valence-electron chi connectivity index (χ0n) is 13.6. The van der Waals surface area contributed by atoms with Crippen molar-refractivity contribution in [2.24, 2.45) is 0 Å². The van der Waals surface area contributed by atoms with Crippen molar-refractivity contribution in [3.63, 3.8) is 0 Å². The van der Waals surface area contributed by atoms with Crippen molar-refractivity contribution >= 4 is 29.1 Å². The second-order valence-corrected chi connectivity index (χ2v) is 5.67. The van der Waals surface area contributed by atoms with Gasteiger partial charge in [-0.25, -0.2) is 0 Å². The molecule has 0 saturated heterocycles. The minimum absolute atomic E-state index is 0.0339. The number of hydrogen-bond donors (Lipinski definition) is 1. The molecule has 0 spiro atoms. The van der Waals surface area contributed by atoms with Gasteiger partial charge in [0.15, 0.2) is 0 Å². The highest BCUT2D eigenvalue weighted by atomic mass is 35.5. The molecular formula is C18H19ClN2O3. The van der Waals surface area contributed by atoms with Gasteiger partial charge in [-0.2, -0.15) is 0 Å². The Morgan fingerprint density at radius 2 is 1.88 bits per heavy atom. The summed E-state index contributed by atoms with van der Waals surface area (Å²) in [5.74, 6) is 0.0771. The molecule has 0 bridgehead atoms. The number of carbonyl (C=O) groups is 2. The van der Waals surface area contributed by atoms with Crippen molar-refractivity contribution < 1.29 is 14.3 Å². The highest BCUT2D eigenvalue weighted by Crippen LogP contribution is 2.27. The van der Waals surface area contributed by atoms with Crippen molar-refractivity contribution in [2.45, 2.75) is 13.5 Å². The van der Waals surface area contributed by atoms with Gasteiger partial charge < -0.3 is 15.0 Å². The Labute approximate surface area is 146 Å². The zero-order valence-corrected chi connectivity index (χ0v) is 14.3. The molecule has 0 heterocycles. The summed E-state index contributed by atoms with van der Waals surface area (Å²) in [5, 5.41) is 3.14. The van der Waals surface area contributed by atoms with E-state index >= 15 is 0 Å². The van der Waals surface area contributed by atoms with Crippen LogP contribution in [0.1, 0.15) is 12.5 Å². The lowest BCUT2D eigenvalue weighted by Crippen LogP contribution is -2.36.